The van der Waals surface area contributed by atoms with E-state index < -0.39 is 10.8 Å². The van der Waals surface area contributed by atoms with Gasteiger partial charge in [0.15, 0.2) is 5.76 Å². The van der Waals surface area contributed by atoms with Gasteiger partial charge in [-0.05, 0) is 34.5 Å². The van der Waals surface area contributed by atoms with Crippen LogP contribution < -0.4 is 10.2 Å². The SMILES string of the molecule is O=C(N/N=C/c1c(OCc2cccc([N+](=O)[O-])c2)ccc2ccccc12)c1cc2ccccc2o1. The van der Waals surface area contributed by atoms with Crippen LogP contribution >= 0.6 is 0 Å². The lowest BCUT2D eigenvalue weighted by molar-refractivity contribution is -0.384. The Bertz CT molecular complexity index is 1560. The molecule has 1 amide bonds. The highest BCUT2D eigenvalue weighted by Gasteiger charge is 2.13. The van der Waals surface area contributed by atoms with E-state index in [9.17, 15) is 14.9 Å². The molecule has 35 heavy (non-hydrogen) atoms. The number of nitro benzene ring substituents is 1. The normalized spacial score (nSPS) is 11.2. The molecule has 8 heteroatoms. The summed E-state index contributed by atoms with van der Waals surface area (Å²) in [5.74, 6) is 0.206. The minimum atomic E-state index is -0.475. The van der Waals surface area contributed by atoms with Crippen molar-refractivity contribution in [2.24, 2.45) is 5.10 Å². The van der Waals surface area contributed by atoms with Gasteiger partial charge in [-0.15, -0.1) is 0 Å². The monoisotopic (exact) mass is 465 g/mol. The number of nitro groups is 1. The van der Waals surface area contributed by atoms with Crippen molar-refractivity contribution in [3.05, 3.63) is 118 Å². The molecule has 0 aliphatic heterocycles. The van der Waals surface area contributed by atoms with Crippen LogP contribution in [0.15, 0.2) is 101 Å². The Balaban J connectivity index is 1.39. The number of carbonyl (C=O) groups excluding carboxylic acids is 1. The number of amides is 1. The van der Waals surface area contributed by atoms with Gasteiger partial charge in [0.1, 0.15) is 17.9 Å². The van der Waals surface area contributed by atoms with Crippen molar-refractivity contribution in [2.75, 3.05) is 0 Å². The molecule has 0 atom stereocenters. The van der Waals surface area contributed by atoms with E-state index in [4.69, 9.17) is 9.15 Å². The number of carbonyl (C=O) groups is 1. The Morgan fingerprint density at radius 2 is 1.77 bits per heavy atom. The molecule has 5 aromatic rings. The van der Waals surface area contributed by atoms with Crippen molar-refractivity contribution in [1.29, 1.82) is 0 Å². The van der Waals surface area contributed by atoms with Gasteiger partial charge in [-0.25, -0.2) is 5.43 Å². The second-order valence-electron chi connectivity index (χ2n) is 7.76. The van der Waals surface area contributed by atoms with Crippen LogP contribution in [0, 0.1) is 10.1 Å². The summed E-state index contributed by atoms with van der Waals surface area (Å²) in [6.07, 6.45) is 1.52. The Morgan fingerprint density at radius 3 is 2.60 bits per heavy atom. The molecule has 1 heterocycles. The van der Waals surface area contributed by atoms with E-state index in [0.717, 1.165) is 16.2 Å². The quantitative estimate of drug-likeness (QED) is 0.185. The van der Waals surface area contributed by atoms with E-state index in [1.807, 2.05) is 54.6 Å². The molecule has 0 bridgehead atoms. The standard InChI is InChI=1S/C27H19N3O5/c31-27(26-15-20-8-2-4-11-24(20)35-26)29-28-16-23-22-10-3-1-7-19(22)12-13-25(23)34-17-18-6-5-9-21(14-18)30(32)33/h1-16H,17H2,(H,29,31)/b28-16+. The molecule has 0 saturated carbocycles. The zero-order valence-electron chi connectivity index (χ0n) is 18.4. The van der Waals surface area contributed by atoms with E-state index in [2.05, 4.69) is 10.5 Å². The maximum Gasteiger partial charge on any atom is 0.307 e. The number of furan rings is 1. The fraction of sp³-hybridized carbons (Fsp3) is 0.0370. The Labute approximate surface area is 199 Å². The van der Waals surface area contributed by atoms with Gasteiger partial charge in [-0.1, -0.05) is 60.7 Å². The molecule has 0 fully saturated rings. The number of para-hydroxylation sites is 1. The largest absolute Gasteiger partial charge is 0.488 e. The Kier molecular flexibility index (Phi) is 5.92. The van der Waals surface area contributed by atoms with E-state index in [1.165, 1.54) is 18.3 Å². The van der Waals surface area contributed by atoms with Gasteiger partial charge < -0.3 is 9.15 Å². The van der Waals surface area contributed by atoms with Crippen LogP contribution in [0.25, 0.3) is 21.7 Å². The molecular weight excluding hydrogens is 446 g/mol. The van der Waals surface area contributed by atoms with Crippen LogP contribution in [-0.4, -0.2) is 17.0 Å². The first kappa shape index (κ1) is 21.8. The van der Waals surface area contributed by atoms with Crippen LogP contribution in [0.2, 0.25) is 0 Å². The fourth-order valence-corrected chi connectivity index (χ4v) is 3.76. The summed E-state index contributed by atoms with van der Waals surface area (Å²) in [4.78, 5) is 23.2. The summed E-state index contributed by atoms with van der Waals surface area (Å²) in [6, 6.07) is 26.7. The molecule has 1 N–H and O–H groups in total. The van der Waals surface area contributed by atoms with Gasteiger partial charge in [0.25, 0.3) is 5.69 Å². The number of hydrogen-bond acceptors (Lipinski definition) is 6. The average Bonchev–Trinajstić information content (AvgIpc) is 3.32. The molecule has 172 valence electrons. The summed E-state index contributed by atoms with van der Waals surface area (Å²) in [5, 5.41) is 17.9. The smallest absolute Gasteiger partial charge is 0.307 e. The van der Waals surface area contributed by atoms with Crippen LogP contribution in [0.1, 0.15) is 21.7 Å². The van der Waals surface area contributed by atoms with Crippen LogP contribution in [-0.2, 0) is 6.61 Å². The summed E-state index contributed by atoms with van der Waals surface area (Å²) in [6.45, 7) is 0.131. The predicted octanol–water partition coefficient (Wildman–Crippen LogP) is 5.84. The third-order valence-corrected chi connectivity index (χ3v) is 5.46. The number of nitrogens with one attached hydrogen (secondary N) is 1. The van der Waals surface area contributed by atoms with Crippen molar-refractivity contribution >= 4 is 39.6 Å². The molecule has 0 aliphatic rings. The van der Waals surface area contributed by atoms with Crippen molar-refractivity contribution in [3.63, 3.8) is 0 Å². The second kappa shape index (κ2) is 9.48. The first-order valence-corrected chi connectivity index (χ1v) is 10.8. The van der Waals surface area contributed by atoms with Crippen molar-refractivity contribution in [2.45, 2.75) is 6.61 Å². The first-order valence-electron chi connectivity index (χ1n) is 10.8. The molecule has 4 aromatic carbocycles. The highest BCUT2D eigenvalue weighted by molar-refractivity contribution is 6.03. The van der Waals surface area contributed by atoms with Crippen molar-refractivity contribution in [1.82, 2.24) is 5.43 Å². The zero-order chi connectivity index (χ0) is 24.2. The summed E-state index contributed by atoms with van der Waals surface area (Å²) in [5.41, 5.74) is 4.44. The van der Waals surface area contributed by atoms with E-state index >= 15 is 0 Å². The number of benzene rings is 4. The van der Waals surface area contributed by atoms with Crippen LogP contribution in [0.5, 0.6) is 5.75 Å². The fourth-order valence-electron chi connectivity index (χ4n) is 3.76. The maximum atomic E-state index is 12.5. The third-order valence-electron chi connectivity index (χ3n) is 5.46. The molecule has 0 aliphatic carbocycles. The molecule has 5 rings (SSSR count). The van der Waals surface area contributed by atoms with Gasteiger partial charge in [-0.3, -0.25) is 14.9 Å². The van der Waals surface area contributed by atoms with Gasteiger partial charge in [0.05, 0.1) is 11.1 Å². The minimum absolute atomic E-state index is 0.000281. The topological polar surface area (TPSA) is 107 Å². The van der Waals surface area contributed by atoms with Gasteiger partial charge in [-0.2, -0.15) is 5.10 Å². The number of nitrogens with zero attached hydrogens (tertiary/aromatic N) is 2. The first-order chi connectivity index (χ1) is 17.1. The number of ether oxygens (including phenoxy) is 1. The Morgan fingerprint density at radius 1 is 0.971 bits per heavy atom. The van der Waals surface area contributed by atoms with E-state index in [0.29, 0.717) is 22.5 Å². The van der Waals surface area contributed by atoms with E-state index in [-0.39, 0.29) is 18.1 Å². The molecule has 0 unspecified atom stereocenters. The highest BCUT2D eigenvalue weighted by atomic mass is 16.6. The van der Waals surface area contributed by atoms with Crippen molar-refractivity contribution in [3.8, 4) is 5.75 Å². The number of hydrogen-bond donors (Lipinski definition) is 1. The van der Waals surface area contributed by atoms with Crippen LogP contribution in [0.3, 0.4) is 0 Å². The summed E-state index contributed by atoms with van der Waals surface area (Å²) >= 11 is 0. The van der Waals surface area contributed by atoms with Gasteiger partial charge >= 0.3 is 5.91 Å². The lowest BCUT2D eigenvalue weighted by Gasteiger charge is -2.12. The number of hydrazone groups is 1. The second-order valence-corrected chi connectivity index (χ2v) is 7.76. The molecule has 0 spiro atoms. The number of non-ortho nitro benzene ring substituents is 1. The minimum Gasteiger partial charge on any atom is -0.488 e. The number of fused-ring (bicyclic) bond motifs is 2. The predicted molar refractivity (Wildman–Crippen MR) is 133 cm³/mol. The number of rotatable bonds is 7. The van der Waals surface area contributed by atoms with Crippen molar-refractivity contribution < 1.29 is 18.9 Å². The molecule has 8 nitrogen and oxygen atoms in total. The van der Waals surface area contributed by atoms with E-state index in [1.54, 1.807) is 24.3 Å². The lowest BCUT2D eigenvalue weighted by atomic mass is 10.0. The molecule has 1 aromatic heterocycles. The molecular formula is C27H19N3O5. The average molecular weight is 465 g/mol. The van der Waals surface area contributed by atoms with Crippen LogP contribution in [0.4, 0.5) is 5.69 Å². The summed E-state index contributed by atoms with van der Waals surface area (Å²) < 4.78 is 11.6. The Hall–Kier alpha value is -4.98. The van der Waals surface area contributed by atoms with Gasteiger partial charge in [0, 0.05) is 23.1 Å². The third kappa shape index (κ3) is 4.72. The highest BCUT2D eigenvalue weighted by Crippen LogP contribution is 2.28. The summed E-state index contributed by atoms with van der Waals surface area (Å²) in [7, 11) is 0. The lowest BCUT2D eigenvalue weighted by Crippen LogP contribution is -2.16. The zero-order valence-corrected chi connectivity index (χ0v) is 18.4. The molecule has 0 radical (unpaired) electrons. The van der Waals surface area contributed by atoms with Gasteiger partial charge in [0.2, 0.25) is 0 Å². The molecule has 0 saturated heterocycles. The maximum absolute atomic E-state index is 12.5.